The minimum atomic E-state index is -5.17. The van der Waals surface area contributed by atoms with Gasteiger partial charge in [0.2, 0.25) is 0 Å². The van der Waals surface area contributed by atoms with E-state index in [1.165, 1.54) is 0 Å². The van der Waals surface area contributed by atoms with Crippen molar-refractivity contribution in [3.8, 4) is 5.75 Å². The van der Waals surface area contributed by atoms with Gasteiger partial charge >= 0.3 is 18.3 Å². The number of carbonyl (C=O) groups excluding carboxylic acids is 1. The molecule has 0 radical (unpaired) electrons. The number of alkyl halides is 6. The predicted molar refractivity (Wildman–Crippen MR) is 61.9 cm³/mol. The van der Waals surface area contributed by atoms with Crippen LogP contribution in [0.25, 0.3) is 0 Å². The fraction of sp³-hybridized carbons (Fsp3) is 0.417. The number of hydrogen-bond donors (Lipinski definition) is 1. The normalized spacial score (nSPS) is 13.7. The fourth-order valence-electron chi connectivity index (χ4n) is 1.76. The number of esters is 1. The van der Waals surface area contributed by atoms with E-state index < -0.39 is 46.8 Å². The third kappa shape index (κ3) is 3.62. The number of benzene rings is 1. The van der Waals surface area contributed by atoms with Gasteiger partial charge in [0, 0.05) is 5.56 Å². The molecule has 0 spiro atoms. The van der Waals surface area contributed by atoms with Crippen molar-refractivity contribution >= 4 is 5.97 Å². The Bertz CT molecular complexity index is 567. The summed E-state index contributed by atoms with van der Waals surface area (Å²) < 4.78 is 85.9. The molecule has 4 nitrogen and oxygen atoms in total. The Balaban J connectivity index is 3.70. The van der Waals surface area contributed by atoms with Crippen LogP contribution >= 0.6 is 0 Å². The summed E-state index contributed by atoms with van der Waals surface area (Å²) in [6, 6.07) is -1.73. The zero-order valence-corrected chi connectivity index (χ0v) is 11.3. The van der Waals surface area contributed by atoms with Crippen molar-refractivity contribution in [3.63, 3.8) is 0 Å². The van der Waals surface area contributed by atoms with Crippen LogP contribution in [0.3, 0.4) is 0 Å². The number of rotatable bonds is 3. The molecule has 1 rings (SSSR count). The molecule has 1 atom stereocenters. The van der Waals surface area contributed by atoms with E-state index in [0.29, 0.717) is 6.07 Å². The lowest BCUT2D eigenvalue weighted by atomic mass is 9.96. The maximum absolute atomic E-state index is 13.0. The number of ether oxygens (including phenoxy) is 2. The van der Waals surface area contributed by atoms with E-state index in [0.717, 1.165) is 14.2 Å². The van der Waals surface area contributed by atoms with E-state index >= 15 is 0 Å². The number of hydrogen-bond acceptors (Lipinski definition) is 4. The Labute approximate surface area is 120 Å². The molecule has 1 aromatic rings. The standard InChI is InChI=1S/C12H11F6NO3/c1-21-7-4-5(11(13,14)15)3-6(12(16,17)18)8(7)9(19)10(20)22-2/h3-4,9H,19H2,1-2H3/t9-/m0/s1. The molecule has 0 aliphatic heterocycles. The van der Waals surface area contributed by atoms with Gasteiger partial charge in [-0.1, -0.05) is 0 Å². The van der Waals surface area contributed by atoms with Gasteiger partial charge in [0.1, 0.15) is 11.8 Å². The number of nitrogens with two attached hydrogens (primary N) is 1. The van der Waals surface area contributed by atoms with E-state index in [2.05, 4.69) is 9.47 Å². The van der Waals surface area contributed by atoms with E-state index in [1.807, 2.05) is 0 Å². The van der Waals surface area contributed by atoms with E-state index in [-0.39, 0.29) is 6.07 Å². The monoisotopic (exact) mass is 331 g/mol. The third-order valence-corrected chi connectivity index (χ3v) is 2.76. The summed E-state index contributed by atoms with van der Waals surface area (Å²) in [6.07, 6.45) is -10.2. The van der Waals surface area contributed by atoms with Crippen molar-refractivity contribution in [1.29, 1.82) is 0 Å². The Morgan fingerprint density at radius 3 is 2.00 bits per heavy atom. The van der Waals surface area contributed by atoms with Crippen LogP contribution in [0, 0.1) is 0 Å². The van der Waals surface area contributed by atoms with E-state index in [4.69, 9.17) is 5.73 Å². The van der Waals surface area contributed by atoms with Gasteiger partial charge in [0.05, 0.1) is 25.3 Å². The molecule has 124 valence electrons. The van der Waals surface area contributed by atoms with Gasteiger partial charge in [0.25, 0.3) is 0 Å². The lowest BCUT2D eigenvalue weighted by Gasteiger charge is -2.21. The van der Waals surface area contributed by atoms with Crippen LogP contribution in [0.4, 0.5) is 26.3 Å². The first-order valence-electron chi connectivity index (χ1n) is 5.63. The zero-order chi connectivity index (χ0) is 17.3. The molecule has 0 heterocycles. The molecule has 0 fully saturated rings. The summed E-state index contributed by atoms with van der Waals surface area (Å²) in [6.45, 7) is 0. The summed E-state index contributed by atoms with van der Waals surface area (Å²) >= 11 is 0. The molecule has 0 amide bonds. The molecule has 1 aromatic carbocycles. The first-order chi connectivity index (χ1) is 9.93. The van der Waals surface area contributed by atoms with Crippen LogP contribution in [-0.2, 0) is 21.9 Å². The molecular formula is C12H11F6NO3. The van der Waals surface area contributed by atoms with Gasteiger partial charge in [-0.2, -0.15) is 26.3 Å². The molecule has 0 aliphatic rings. The van der Waals surface area contributed by atoms with Crippen molar-refractivity contribution in [3.05, 3.63) is 28.8 Å². The van der Waals surface area contributed by atoms with Gasteiger partial charge in [-0.25, -0.2) is 0 Å². The molecule has 0 saturated heterocycles. The van der Waals surface area contributed by atoms with Gasteiger partial charge in [-0.05, 0) is 12.1 Å². The molecule has 0 aliphatic carbocycles. The van der Waals surface area contributed by atoms with Gasteiger partial charge < -0.3 is 15.2 Å². The average molecular weight is 331 g/mol. The van der Waals surface area contributed by atoms with Crippen molar-refractivity contribution < 1.29 is 40.6 Å². The average Bonchev–Trinajstić information content (AvgIpc) is 2.42. The van der Waals surface area contributed by atoms with Crippen LogP contribution in [0.15, 0.2) is 12.1 Å². The van der Waals surface area contributed by atoms with Crippen LogP contribution in [0.1, 0.15) is 22.7 Å². The minimum Gasteiger partial charge on any atom is -0.496 e. The molecule has 2 N–H and O–H groups in total. The lowest BCUT2D eigenvalue weighted by molar-refractivity contribution is -0.145. The topological polar surface area (TPSA) is 61.5 Å². The second-order valence-electron chi connectivity index (χ2n) is 4.14. The zero-order valence-electron chi connectivity index (χ0n) is 11.3. The second kappa shape index (κ2) is 6.03. The smallest absolute Gasteiger partial charge is 0.416 e. The first-order valence-corrected chi connectivity index (χ1v) is 5.63. The number of carbonyl (C=O) groups is 1. The van der Waals surface area contributed by atoms with E-state index in [9.17, 15) is 31.1 Å². The molecule has 10 heteroatoms. The van der Waals surface area contributed by atoms with Crippen LogP contribution in [0.5, 0.6) is 5.75 Å². The molecule has 0 saturated carbocycles. The summed E-state index contributed by atoms with van der Waals surface area (Å²) in [5, 5.41) is 0. The maximum Gasteiger partial charge on any atom is 0.416 e. The first kappa shape index (κ1) is 18.1. The quantitative estimate of drug-likeness (QED) is 0.683. The molecule has 22 heavy (non-hydrogen) atoms. The minimum absolute atomic E-state index is 0.124. The highest BCUT2D eigenvalue weighted by atomic mass is 19.4. The summed E-state index contributed by atoms with van der Waals surface area (Å²) in [5.41, 5.74) is 1.14. The third-order valence-electron chi connectivity index (χ3n) is 2.76. The Kier molecular flexibility index (Phi) is 4.96. The van der Waals surface area contributed by atoms with Crippen LogP contribution in [-0.4, -0.2) is 20.2 Å². The molecule has 0 bridgehead atoms. The Morgan fingerprint density at radius 1 is 1.09 bits per heavy atom. The van der Waals surface area contributed by atoms with Crippen LogP contribution in [0.2, 0.25) is 0 Å². The molecule has 0 aromatic heterocycles. The Hall–Kier alpha value is -1.97. The predicted octanol–water partition coefficient (Wildman–Crippen LogP) is 2.91. The fourth-order valence-corrected chi connectivity index (χ4v) is 1.76. The van der Waals surface area contributed by atoms with Crippen molar-refractivity contribution in [2.24, 2.45) is 5.73 Å². The van der Waals surface area contributed by atoms with Crippen LogP contribution < -0.4 is 10.5 Å². The SMILES string of the molecule is COC(=O)[C@@H](N)c1c(OC)cc(C(F)(F)F)cc1C(F)(F)F. The molecule has 0 unspecified atom stereocenters. The maximum atomic E-state index is 13.0. The van der Waals surface area contributed by atoms with Crippen molar-refractivity contribution in [1.82, 2.24) is 0 Å². The van der Waals surface area contributed by atoms with Gasteiger partial charge in [0.15, 0.2) is 0 Å². The summed E-state index contributed by atoms with van der Waals surface area (Å²) in [5.74, 6) is -2.05. The van der Waals surface area contributed by atoms with Gasteiger partial charge in [-0.15, -0.1) is 0 Å². The summed E-state index contributed by atoms with van der Waals surface area (Å²) in [7, 11) is 1.75. The van der Waals surface area contributed by atoms with Gasteiger partial charge in [-0.3, -0.25) is 4.79 Å². The molecular weight excluding hydrogens is 320 g/mol. The number of methoxy groups -OCH3 is 2. The Morgan fingerprint density at radius 2 is 1.64 bits per heavy atom. The largest absolute Gasteiger partial charge is 0.496 e. The lowest BCUT2D eigenvalue weighted by Crippen LogP contribution is -2.27. The highest BCUT2D eigenvalue weighted by molar-refractivity contribution is 5.79. The summed E-state index contributed by atoms with van der Waals surface area (Å²) in [4.78, 5) is 11.3. The highest BCUT2D eigenvalue weighted by Gasteiger charge is 2.42. The van der Waals surface area contributed by atoms with Crippen molar-refractivity contribution in [2.45, 2.75) is 18.4 Å². The highest BCUT2D eigenvalue weighted by Crippen LogP contribution is 2.43. The second-order valence-corrected chi connectivity index (χ2v) is 4.14. The van der Waals surface area contributed by atoms with Crippen molar-refractivity contribution in [2.75, 3.05) is 14.2 Å². The number of halogens is 6. The van der Waals surface area contributed by atoms with E-state index in [1.54, 1.807) is 0 Å².